The van der Waals surface area contributed by atoms with E-state index in [9.17, 15) is 9.59 Å². The minimum absolute atomic E-state index is 0.269. The molecule has 0 bridgehead atoms. The number of ether oxygens (including phenoxy) is 1. The Morgan fingerprint density at radius 1 is 1.19 bits per heavy atom. The second kappa shape index (κ2) is 10.4. The van der Waals surface area contributed by atoms with E-state index in [1.165, 1.54) is 37.7 Å². The maximum Gasteiger partial charge on any atom is 0.362 e. The first-order chi connectivity index (χ1) is 18.0. The molecule has 2 N–H and O–H groups in total. The molecule has 10 heteroatoms. The number of aromatic nitrogens is 3. The van der Waals surface area contributed by atoms with Crippen molar-refractivity contribution in [3.05, 3.63) is 63.4 Å². The fourth-order valence-electron chi connectivity index (χ4n) is 4.71. The van der Waals surface area contributed by atoms with Gasteiger partial charge in [0, 0.05) is 24.0 Å². The van der Waals surface area contributed by atoms with Crippen molar-refractivity contribution < 1.29 is 9.53 Å². The molecule has 1 aliphatic rings. The smallest absolute Gasteiger partial charge is 0.362 e. The Kier molecular flexibility index (Phi) is 6.88. The predicted octanol–water partition coefficient (Wildman–Crippen LogP) is 5.22. The summed E-state index contributed by atoms with van der Waals surface area (Å²) in [5, 5.41) is 15.1. The normalized spacial score (nSPS) is 13.8. The van der Waals surface area contributed by atoms with Crippen molar-refractivity contribution in [2.75, 3.05) is 24.4 Å². The minimum Gasteiger partial charge on any atom is -0.464 e. The molecule has 0 radical (unpaired) electrons. The fraction of sp³-hybridized carbons (Fsp3) is 0.296. The Bertz CT molecular complexity index is 1550. The number of thiazole rings is 1. The van der Waals surface area contributed by atoms with Crippen LogP contribution in [-0.4, -0.2) is 41.1 Å². The fourth-order valence-corrected chi connectivity index (χ4v) is 5.44. The zero-order chi connectivity index (χ0) is 25.9. The summed E-state index contributed by atoms with van der Waals surface area (Å²) in [7, 11) is 3.29. The van der Waals surface area contributed by atoms with Gasteiger partial charge in [0.25, 0.3) is 5.56 Å². The number of nitrogens with one attached hydrogen (secondary N) is 2. The first kappa shape index (κ1) is 24.5. The Balaban J connectivity index is 1.54. The van der Waals surface area contributed by atoms with Crippen molar-refractivity contribution in [2.45, 2.75) is 38.1 Å². The lowest BCUT2D eigenvalue weighted by Crippen LogP contribution is -2.33. The molecule has 9 nitrogen and oxygen atoms in total. The largest absolute Gasteiger partial charge is 0.464 e. The van der Waals surface area contributed by atoms with Crippen LogP contribution in [-0.2, 0) is 4.74 Å². The average molecular weight is 515 g/mol. The lowest BCUT2D eigenvalue weighted by atomic mass is 9.94. The van der Waals surface area contributed by atoms with E-state index in [4.69, 9.17) is 15.0 Å². The predicted molar refractivity (Wildman–Crippen MR) is 145 cm³/mol. The van der Waals surface area contributed by atoms with E-state index >= 15 is 0 Å². The van der Waals surface area contributed by atoms with E-state index in [1.807, 2.05) is 29.6 Å². The number of aromatic amines is 1. The number of nitriles is 1. The van der Waals surface area contributed by atoms with Gasteiger partial charge in [0.05, 0.1) is 46.8 Å². The lowest BCUT2D eigenvalue weighted by molar-refractivity contribution is 0.0592. The molecule has 2 aromatic heterocycles. The Morgan fingerprint density at radius 2 is 1.95 bits per heavy atom. The Morgan fingerprint density at radius 3 is 2.65 bits per heavy atom. The number of H-pyrrole nitrogens is 1. The van der Waals surface area contributed by atoms with E-state index in [2.05, 4.69) is 33.3 Å². The second-order valence-electron chi connectivity index (χ2n) is 9.05. The first-order valence-electron chi connectivity index (χ1n) is 12.1. The van der Waals surface area contributed by atoms with Gasteiger partial charge in [0.1, 0.15) is 0 Å². The van der Waals surface area contributed by atoms with Crippen LogP contribution in [0.3, 0.4) is 0 Å². The SMILES string of the molecule is COC(=O)c1nc2cc(N(C)C3CCCCC3)c(Nc3nc(-c4ccc(C#N)cc4)cs3)cc2[nH]c1=O. The molecular formula is C27H26N6O3S. The van der Waals surface area contributed by atoms with Crippen LogP contribution in [0.15, 0.2) is 46.6 Å². The molecule has 4 aromatic rings. The molecule has 1 saturated carbocycles. The van der Waals surface area contributed by atoms with Crippen molar-refractivity contribution in [1.29, 1.82) is 5.26 Å². The molecule has 0 amide bonds. The summed E-state index contributed by atoms with van der Waals surface area (Å²) in [4.78, 5) is 38.6. The van der Waals surface area contributed by atoms with E-state index < -0.39 is 11.5 Å². The maximum absolute atomic E-state index is 12.5. The number of esters is 1. The van der Waals surface area contributed by atoms with Gasteiger partial charge in [0.2, 0.25) is 5.69 Å². The Labute approximate surface area is 217 Å². The number of nitrogens with zero attached hydrogens (tertiary/aromatic N) is 4. The Hall–Kier alpha value is -4.23. The maximum atomic E-state index is 12.5. The highest BCUT2D eigenvalue weighted by atomic mass is 32.1. The zero-order valence-electron chi connectivity index (χ0n) is 20.6. The van der Waals surface area contributed by atoms with Crippen LogP contribution in [0.1, 0.15) is 48.2 Å². The summed E-state index contributed by atoms with van der Waals surface area (Å²) >= 11 is 1.47. The highest BCUT2D eigenvalue weighted by Gasteiger charge is 2.23. The quantitative estimate of drug-likeness (QED) is 0.336. The van der Waals surface area contributed by atoms with Gasteiger partial charge in [-0.25, -0.2) is 14.8 Å². The van der Waals surface area contributed by atoms with Crippen molar-refractivity contribution >= 4 is 44.8 Å². The summed E-state index contributed by atoms with van der Waals surface area (Å²) in [6.07, 6.45) is 5.81. The van der Waals surface area contributed by atoms with Crippen LogP contribution < -0.4 is 15.8 Å². The molecule has 37 heavy (non-hydrogen) atoms. The van der Waals surface area contributed by atoms with Gasteiger partial charge in [-0.05, 0) is 37.1 Å². The summed E-state index contributed by atoms with van der Waals surface area (Å²) in [6.45, 7) is 0. The molecule has 1 aliphatic carbocycles. The number of benzene rings is 2. The molecule has 188 valence electrons. The number of hydrogen-bond donors (Lipinski definition) is 2. The number of anilines is 3. The molecule has 2 aromatic carbocycles. The van der Waals surface area contributed by atoms with E-state index in [0.29, 0.717) is 27.8 Å². The van der Waals surface area contributed by atoms with Crippen molar-refractivity contribution in [3.63, 3.8) is 0 Å². The van der Waals surface area contributed by atoms with Gasteiger partial charge >= 0.3 is 5.97 Å². The molecule has 0 aliphatic heterocycles. The second-order valence-corrected chi connectivity index (χ2v) is 9.91. The zero-order valence-corrected chi connectivity index (χ0v) is 21.4. The lowest BCUT2D eigenvalue weighted by Gasteiger charge is -2.34. The third-order valence-corrected chi connectivity index (χ3v) is 7.50. The molecule has 0 atom stereocenters. The van der Waals surface area contributed by atoms with Crippen LogP contribution >= 0.6 is 11.3 Å². The average Bonchev–Trinajstić information content (AvgIpc) is 3.40. The molecule has 0 unspecified atom stereocenters. The monoisotopic (exact) mass is 514 g/mol. The van der Waals surface area contributed by atoms with E-state index in [0.717, 1.165) is 35.5 Å². The van der Waals surface area contributed by atoms with Gasteiger partial charge in [-0.1, -0.05) is 31.4 Å². The topological polar surface area (TPSA) is 124 Å². The molecule has 5 rings (SSSR count). The van der Waals surface area contributed by atoms with Crippen LogP contribution in [0.5, 0.6) is 0 Å². The summed E-state index contributed by atoms with van der Waals surface area (Å²) in [5.41, 5.74) is 4.15. The van der Waals surface area contributed by atoms with Crippen molar-refractivity contribution in [2.24, 2.45) is 0 Å². The van der Waals surface area contributed by atoms with Crippen LogP contribution in [0.4, 0.5) is 16.5 Å². The molecular weight excluding hydrogens is 488 g/mol. The third kappa shape index (κ3) is 5.04. The highest BCUT2D eigenvalue weighted by molar-refractivity contribution is 7.14. The third-order valence-electron chi connectivity index (χ3n) is 6.75. The number of hydrogen-bond acceptors (Lipinski definition) is 9. The summed E-state index contributed by atoms with van der Waals surface area (Å²) < 4.78 is 4.73. The number of carbonyl (C=O) groups is 1. The molecule has 2 heterocycles. The number of rotatable bonds is 6. The number of methoxy groups -OCH3 is 1. The number of fused-ring (bicyclic) bond motifs is 1. The summed E-state index contributed by atoms with van der Waals surface area (Å²) in [5.74, 6) is -0.773. The minimum atomic E-state index is -0.773. The van der Waals surface area contributed by atoms with Gasteiger partial charge in [-0.3, -0.25) is 4.79 Å². The molecule has 1 fully saturated rings. The van der Waals surface area contributed by atoms with Gasteiger partial charge in [0.15, 0.2) is 5.13 Å². The van der Waals surface area contributed by atoms with Gasteiger partial charge in [-0.2, -0.15) is 5.26 Å². The molecule has 0 spiro atoms. The summed E-state index contributed by atoms with van der Waals surface area (Å²) in [6, 6.07) is 13.5. The van der Waals surface area contributed by atoms with Crippen molar-refractivity contribution in [3.8, 4) is 17.3 Å². The van der Waals surface area contributed by atoms with Crippen LogP contribution in [0.25, 0.3) is 22.3 Å². The van der Waals surface area contributed by atoms with Crippen LogP contribution in [0, 0.1) is 11.3 Å². The van der Waals surface area contributed by atoms with Gasteiger partial charge < -0.3 is 19.9 Å². The van der Waals surface area contributed by atoms with Crippen LogP contribution in [0.2, 0.25) is 0 Å². The highest BCUT2D eigenvalue weighted by Crippen LogP contribution is 2.37. The number of carbonyl (C=O) groups excluding carboxylic acids is 1. The van der Waals surface area contributed by atoms with Crippen molar-refractivity contribution in [1.82, 2.24) is 15.0 Å². The molecule has 0 saturated heterocycles. The standard InChI is InChI=1S/C27H26N6O3S/c1-33(18-6-4-3-5-7-18)23-13-20-19(30-25(34)24(29-20)26(35)36-2)12-21(23)31-27-32-22(15-37-27)17-10-8-16(14-28)9-11-17/h8-13,15,18H,3-7H2,1-2H3,(H,30,34)(H,31,32). The van der Waals surface area contributed by atoms with Gasteiger partial charge in [-0.15, -0.1) is 11.3 Å². The van der Waals surface area contributed by atoms with E-state index in [1.54, 1.807) is 12.1 Å². The first-order valence-corrected chi connectivity index (χ1v) is 13.0. The van der Waals surface area contributed by atoms with E-state index in [-0.39, 0.29) is 5.69 Å².